The van der Waals surface area contributed by atoms with Gasteiger partial charge in [0.05, 0.1) is 5.41 Å². The second kappa shape index (κ2) is 4.86. The summed E-state index contributed by atoms with van der Waals surface area (Å²) in [5.74, 6) is -0.547. The number of hydrogen-bond acceptors (Lipinski definition) is 3. The molecule has 0 aliphatic carbocycles. The van der Waals surface area contributed by atoms with Crippen LogP contribution in [0.3, 0.4) is 0 Å². The lowest BCUT2D eigenvalue weighted by molar-refractivity contribution is -0.146. The van der Waals surface area contributed by atoms with Gasteiger partial charge in [-0.2, -0.15) is 5.10 Å². The van der Waals surface area contributed by atoms with Crippen molar-refractivity contribution in [3.05, 3.63) is 12.3 Å². The van der Waals surface area contributed by atoms with E-state index in [-0.39, 0.29) is 6.54 Å². The average Bonchev–Trinajstić information content (AvgIpc) is 2.61. The van der Waals surface area contributed by atoms with Crippen LogP contribution in [0.1, 0.15) is 13.8 Å². The van der Waals surface area contributed by atoms with Crippen LogP contribution < -0.4 is 10.6 Å². The molecule has 0 bridgehead atoms. The highest BCUT2D eigenvalue weighted by Gasteiger charge is 2.27. The molecule has 7 nitrogen and oxygen atoms in total. The Kier molecular flexibility index (Phi) is 3.72. The number of urea groups is 1. The quantitative estimate of drug-likeness (QED) is 0.720. The lowest BCUT2D eigenvalue weighted by Gasteiger charge is -2.19. The molecule has 1 aromatic rings. The van der Waals surface area contributed by atoms with Crippen LogP contribution in [0.5, 0.6) is 0 Å². The Morgan fingerprint density at radius 1 is 1.53 bits per heavy atom. The van der Waals surface area contributed by atoms with Crippen LogP contribution in [-0.4, -0.2) is 33.4 Å². The maximum absolute atomic E-state index is 11.4. The molecular formula is C10H16N4O3. The third-order valence-corrected chi connectivity index (χ3v) is 2.23. The summed E-state index contributed by atoms with van der Waals surface area (Å²) in [6.07, 6.45) is 1.69. The molecule has 1 aromatic heterocycles. The van der Waals surface area contributed by atoms with Crippen molar-refractivity contribution in [2.24, 2.45) is 12.5 Å². The molecule has 0 spiro atoms. The number of carboxylic acid groups (broad SMARTS) is 1. The first kappa shape index (κ1) is 13.0. The van der Waals surface area contributed by atoms with Crippen molar-refractivity contribution in [3.8, 4) is 0 Å². The summed E-state index contributed by atoms with van der Waals surface area (Å²) in [4.78, 5) is 22.2. The number of carbonyl (C=O) groups excluding carboxylic acids is 1. The molecule has 0 saturated carbocycles. The van der Waals surface area contributed by atoms with Gasteiger partial charge in [-0.25, -0.2) is 4.79 Å². The van der Waals surface area contributed by atoms with Gasteiger partial charge in [-0.15, -0.1) is 0 Å². The summed E-state index contributed by atoms with van der Waals surface area (Å²) in [7, 11) is 1.73. The number of carboxylic acids is 1. The van der Waals surface area contributed by atoms with Crippen LogP contribution >= 0.6 is 0 Å². The predicted octanol–water partition coefficient (Wildman–Crippen LogP) is 0.652. The number of aromatic nitrogens is 2. The molecule has 0 aromatic carbocycles. The number of amides is 2. The molecule has 0 aliphatic rings. The van der Waals surface area contributed by atoms with E-state index in [4.69, 9.17) is 5.11 Å². The molecule has 94 valence electrons. The Morgan fingerprint density at radius 2 is 2.18 bits per heavy atom. The molecule has 1 heterocycles. The molecule has 2 amide bonds. The Hall–Kier alpha value is -2.05. The SMILES string of the molecule is Cn1ccc(NC(=O)NCC(C)(C)C(=O)O)n1. The van der Waals surface area contributed by atoms with Crippen molar-refractivity contribution in [2.45, 2.75) is 13.8 Å². The number of aliphatic carboxylic acids is 1. The molecule has 1 rings (SSSR count). The summed E-state index contributed by atoms with van der Waals surface area (Å²) in [6, 6.07) is 1.17. The van der Waals surface area contributed by atoms with Crippen LogP contribution in [0.25, 0.3) is 0 Å². The Morgan fingerprint density at radius 3 is 2.65 bits per heavy atom. The Bertz CT molecular complexity index is 425. The standard InChI is InChI=1S/C10H16N4O3/c1-10(2,8(15)16)6-11-9(17)12-7-4-5-14(3)13-7/h4-5H,6H2,1-3H3,(H,15,16)(H2,11,12,13,17). The van der Waals surface area contributed by atoms with E-state index >= 15 is 0 Å². The van der Waals surface area contributed by atoms with Crippen molar-refractivity contribution < 1.29 is 14.7 Å². The summed E-state index contributed by atoms with van der Waals surface area (Å²) < 4.78 is 1.55. The molecule has 7 heteroatoms. The van der Waals surface area contributed by atoms with Crippen molar-refractivity contribution in [3.63, 3.8) is 0 Å². The molecular weight excluding hydrogens is 224 g/mol. The largest absolute Gasteiger partial charge is 0.481 e. The molecule has 0 radical (unpaired) electrons. The fourth-order valence-electron chi connectivity index (χ4n) is 1.02. The number of rotatable bonds is 4. The summed E-state index contributed by atoms with van der Waals surface area (Å²) in [6.45, 7) is 3.12. The fourth-order valence-corrected chi connectivity index (χ4v) is 1.02. The summed E-state index contributed by atoms with van der Waals surface area (Å²) >= 11 is 0. The molecule has 0 fully saturated rings. The number of nitrogens with zero attached hydrogens (tertiary/aromatic N) is 2. The number of anilines is 1. The monoisotopic (exact) mass is 240 g/mol. The minimum absolute atomic E-state index is 0.0427. The van der Waals surface area contributed by atoms with E-state index in [1.54, 1.807) is 24.0 Å². The first-order chi connectivity index (χ1) is 7.81. The van der Waals surface area contributed by atoms with Gasteiger partial charge in [0.1, 0.15) is 0 Å². The highest BCUT2D eigenvalue weighted by Crippen LogP contribution is 2.13. The maximum atomic E-state index is 11.4. The molecule has 0 unspecified atom stereocenters. The van der Waals surface area contributed by atoms with E-state index in [2.05, 4.69) is 15.7 Å². The van der Waals surface area contributed by atoms with Gasteiger partial charge in [-0.1, -0.05) is 0 Å². The van der Waals surface area contributed by atoms with Crippen LogP contribution in [0, 0.1) is 5.41 Å². The molecule has 3 N–H and O–H groups in total. The van der Waals surface area contributed by atoms with E-state index < -0.39 is 17.4 Å². The topological polar surface area (TPSA) is 96.2 Å². The smallest absolute Gasteiger partial charge is 0.320 e. The van der Waals surface area contributed by atoms with Crippen LogP contribution in [0.2, 0.25) is 0 Å². The lowest BCUT2D eigenvalue weighted by Crippen LogP contribution is -2.40. The highest BCUT2D eigenvalue weighted by molar-refractivity contribution is 5.88. The van der Waals surface area contributed by atoms with Gasteiger partial charge < -0.3 is 10.4 Å². The zero-order valence-electron chi connectivity index (χ0n) is 10.0. The zero-order valence-corrected chi connectivity index (χ0v) is 10.0. The minimum atomic E-state index is -0.999. The number of aryl methyl sites for hydroxylation is 1. The number of nitrogens with one attached hydrogen (secondary N) is 2. The summed E-state index contributed by atoms with van der Waals surface area (Å²) in [5.41, 5.74) is -0.999. The predicted molar refractivity (Wildman–Crippen MR) is 61.6 cm³/mol. The van der Waals surface area contributed by atoms with E-state index in [0.29, 0.717) is 5.82 Å². The second-order valence-corrected chi connectivity index (χ2v) is 4.37. The number of hydrogen-bond donors (Lipinski definition) is 3. The van der Waals surface area contributed by atoms with Gasteiger partial charge in [0.25, 0.3) is 0 Å². The lowest BCUT2D eigenvalue weighted by atomic mass is 9.94. The maximum Gasteiger partial charge on any atom is 0.320 e. The third kappa shape index (κ3) is 3.78. The fraction of sp³-hybridized carbons (Fsp3) is 0.500. The molecule has 0 aliphatic heterocycles. The zero-order chi connectivity index (χ0) is 13.1. The highest BCUT2D eigenvalue weighted by atomic mass is 16.4. The minimum Gasteiger partial charge on any atom is -0.481 e. The van der Waals surface area contributed by atoms with Crippen LogP contribution in [0.15, 0.2) is 12.3 Å². The molecule has 0 saturated heterocycles. The molecule has 0 atom stereocenters. The van der Waals surface area contributed by atoms with Crippen LogP contribution in [0.4, 0.5) is 10.6 Å². The van der Waals surface area contributed by atoms with Gasteiger partial charge in [-0.05, 0) is 13.8 Å². The van der Waals surface area contributed by atoms with Gasteiger partial charge in [0, 0.05) is 25.9 Å². The number of carbonyl (C=O) groups is 2. The van der Waals surface area contributed by atoms with Gasteiger partial charge in [0.2, 0.25) is 0 Å². The first-order valence-electron chi connectivity index (χ1n) is 5.09. The van der Waals surface area contributed by atoms with Gasteiger partial charge in [-0.3, -0.25) is 14.8 Å². The van der Waals surface area contributed by atoms with Crippen molar-refractivity contribution >= 4 is 17.8 Å². The summed E-state index contributed by atoms with van der Waals surface area (Å²) in [5, 5.41) is 17.8. The van der Waals surface area contributed by atoms with Crippen molar-refractivity contribution in [1.29, 1.82) is 0 Å². The van der Waals surface area contributed by atoms with Crippen LogP contribution in [-0.2, 0) is 11.8 Å². The second-order valence-electron chi connectivity index (χ2n) is 4.37. The van der Waals surface area contributed by atoms with E-state index in [1.807, 2.05) is 0 Å². The Balaban J connectivity index is 2.43. The van der Waals surface area contributed by atoms with E-state index in [1.165, 1.54) is 13.8 Å². The van der Waals surface area contributed by atoms with Crippen molar-refractivity contribution in [1.82, 2.24) is 15.1 Å². The third-order valence-electron chi connectivity index (χ3n) is 2.23. The van der Waals surface area contributed by atoms with Gasteiger partial charge >= 0.3 is 12.0 Å². The first-order valence-corrected chi connectivity index (χ1v) is 5.09. The van der Waals surface area contributed by atoms with Crippen molar-refractivity contribution in [2.75, 3.05) is 11.9 Å². The van der Waals surface area contributed by atoms with E-state index in [9.17, 15) is 9.59 Å². The van der Waals surface area contributed by atoms with Gasteiger partial charge in [0.15, 0.2) is 5.82 Å². The van der Waals surface area contributed by atoms with E-state index in [0.717, 1.165) is 0 Å². The normalized spacial score (nSPS) is 11.0. The molecule has 17 heavy (non-hydrogen) atoms. The average molecular weight is 240 g/mol. The Labute approximate surface area is 98.8 Å².